The molecule has 0 aromatic heterocycles. The first-order chi connectivity index (χ1) is 25.3. The molecule has 6 rings (SSSR count). The number of hydrogen-bond acceptors (Lipinski definition) is 7. The summed E-state index contributed by atoms with van der Waals surface area (Å²) in [6.07, 6.45) is 6.24. The summed E-state index contributed by atoms with van der Waals surface area (Å²) >= 11 is 6.09. The van der Waals surface area contributed by atoms with E-state index in [0.29, 0.717) is 30.3 Å². The van der Waals surface area contributed by atoms with Crippen molar-refractivity contribution >= 4 is 39.4 Å². The standard InChI is InChI=1S/C44H64ClNO8S/c1-26(2)36-30(47)22-44(34(55(51,52)53)25-46-24-27-10-12-28(45)13-11-27)21-20-42(8)29(37(36)44)14-15-32-41(7)18-17-33(54-35(48)23-39(3,4)38(49)50)40(5,6)31(41)16-19-43(32,42)9/h10-13,26,29,31-34,46H,14-25H2,1-9H3,(H,49,50)(H,51,52,53)/t29-,31+,32-,33+,34+,41+,42-,43-,44+/m1/s1. The zero-order chi connectivity index (χ0) is 40.7. The number of nitrogens with one attached hydrogen (secondary N) is 1. The van der Waals surface area contributed by atoms with E-state index in [1.54, 1.807) is 26.0 Å². The predicted molar refractivity (Wildman–Crippen MR) is 214 cm³/mol. The van der Waals surface area contributed by atoms with Crippen molar-refractivity contribution in [2.24, 2.45) is 56.2 Å². The second kappa shape index (κ2) is 14.2. The van der Waals surface area contributed by atoms with Crippen LogP contribution in [0.1, 0.15) is 132 Å². The molecule has 11 heteroatoms. The smallest absolute Gasteiger partial charge is 0.309 e. The van der Waals surface area contributed by atoms with Gasteiger partial charge in [-0.1, -0.05) is 77.8 Å². The molecular weight excluding hydrogens is 738 g/mol. The lowest BCUT2D eigenvalue weighted by molar-refractivity contribution is -0.233. The van der Waals surface area contributed by atoms with E-state index < -0.39 is 38.1 Å². The molecule has 3 N–H and O–H groups in total. The van der Waals surface area contributed by atoms with E-state index >= 15 is 0 Å². The third-order valence-electron chi connectivity index (χ3n) is 16.4. The number of halogens is 1. The van der Waals surface area contributed by atoms with Gasteiger partial charge in [-0.15, -0.1) is 0 Å². The minimum Gasteiger partial charge on any atom is -0.481 e. The van der Waals surface area contributed by atoms with Gasteiger partial charge in [-0.25, -0.2) is 0 Å². The van der Waals surface area contributed by atoms with Crippen molar-refractivity contribution in [3.63, 3.8) is 0 Å². The maximum absolute atomic E-state index is 14.2. The maximum Gasteiger partial charge on any atom is 0.309 e. The molecule has 9 nitrogen and oxygen atoms in total. The monoisotopic (exact) mass is 801 g/mol. The number of fused-ring (bicyclic) bond motifs is 7. The van der Waals surface area contributed by atoms with Gasteiger partial charge in [0.2, 0.25) is 0 Å². The van der Waals surface area contributed by atoms with Gasteiger partial charge in [-0.2, -0.15) is 8.42 Å². The Hall–Kier alpha value is -2.27. The van der Waals surface area contributed by atoms with Gasteiger partial charge in [0.05, 0.1) is 11.8 Å². The van der Waals surface area contributed by atoms with E-state index in [1.165, 1.54) is 0 Å². The summed E-state index contributed by atoms with van der Waals surface area (Å²) in [5, 5.41) is 12.4. The largest absolute Gasteiger partial charge is 0.481 e. The zero-order valence-corrected chi connectivity index (χ0v) is 36.0. The van der Waals surface area contributed by atoms with Gasteiger partial charge in [0, 0.05) is 35.4 Å². The molecule has 55 heavy (non-hydrogen) atoms. The molecule has 0 spiro atoms. The van der Waals surface area contributed by atoms with Crippen LogP contribution in [0, 0.1) is 56.2 Å². The Bertz CT molecular complexity index is 1850. The Morgan fingerprint density at radius 3 is 2.20 bits per heavy atom. The van der Waals surface area contributed by atoms with E-state index in [-0.39, 0.29) is 70.7 Å². The second-order valence-corrected chi connectivity index (χ2v) is 22.4. The number of carbonyl (C=O) groups excluding carboxylic acids is 2. The summed E-state index contributed by atoms with van der Waals surface area (Å²) < 4.78 is 44.2. The first-order valence-corrected chi connectivity index (χ1v) is 22.4. The van der Waals surface area contributed by atoms with Crippen molar-refractivity contribution in [3.8, 4) is 0 Å². The summed E-state index contributed by atoms with van der Waals surface area (Å²) in [7, 11) is -4.56. The molecule has 4 fully saturated rings. The fraction of sp³-hybridized carbons (Fsp3) is 0.750. The predicted octanol–water partition coefficient (Wildman–Crippen LogP) is 9.08. The van der Waals surface area contributed by atoms with Crippen LogP contribution in [-0.2, 0) is 35.8 Å². The molecule has 306 valence electrons. The third kappa shape index (κ3) is 6.84. The van der Waals surface area contributed by atoms with E-state index in [9.17, 15) is 32.5 Å². The molecule has 5 aliphatic rings. The molecule has 1 aromatic rings. The number of benzene rings is 1. The molecule has 1 aromatic carbocycles. The van der Waals surface area contributed by atoms with Gasteiger partial charge >= 0.3 is 11.9 Å². The van der Waals surface area contributed by atoms with Crippen molar-refractivity contribution < 1.29 is 37.2 Å². The number of Topliss-reactive ketones (excluding diaryl/α,β-unsaturated/α-hetero) is 1. The van der Waals surface area contributed by atoms with Crippen LogP contribution in [0.2, 0.25) is 5.02 Å². The quantitative estimate of drug-likeness (QED) is 0.147. The van der Waals surface area contributed by atoms with Crippen LogP contribution in [0.5, 0.6) is 0 Å². The summed E-state index contributed by atoms with van der Waals surface area (Å²) in [5.41, 5.74) is -0.111. The number of hydrogen-bond donors (Lipinski definition) is 3. The molecule has 0 unspecified atom stereocenters. The minimum atomic E-state index is -4.56. The molecule has 9 atom stereocenters. The van der Waals surface area contributed by atoms with E-state index in [4.69, 9.17) is 16.3 Å². The van der Waals surface area contributed by atoms with Crippen LogP contribution in [-0.4, -0.2) is 53.7 Å². The number of ether oxygens (including phenoxy) is 1. The van der Waals surface area contributed by atoms with Gasteiger partial charge in [0.15, 0.2) is 5.78 Å². The molecule has 0 heterocycles. The summed E-state index contributed by atoms with van der Waals surface area (Å²) in [6.45, 7) is 19.4. The maximum atomic E-state index is 14.2. The number of carboxylic acids is 1. The average Bonchev–Trinajstić information content (AvgIpc) is 3.37. The van der Waals surface area contributed by atoms with E-state index in [0.717, 1.165) is 55.2 Å². The zero-order valence-electron chi connectivity index (χ0n) is 34.4. The summed E-state index contributed by atoms with van der Waals surface area (Å²) in [6, 6.07) is 7.37. The highest BCUT2D eigenvalue weighted by atomic mass is 35.5. The molecule has 0 aliphatic heterocycles. The van der Waals surface area contributed by atoms with Gasteiger partial charge in [-0.05, 0) is 128 Å². The number of esters is 1. The summed E-state index contributed by atoms with van der Waals surface area (Å²) in [5.74, 6) is -0.874. The van der Waals surface area contributed by atoms with Crippen LogP contribution in [0.25, 0.3) is 0 Å². The Morgan fingerprint density at radius 2 is 1.60 bits per heavy atom. The highest BCUT2D eigenvalue weighted by molar-refractivity contribution is 7.86. The number of carboxylic acid groups (broad SMARTS) is 1. The average molecular weight is 803 g/mol. The number of ketones is 1. The molecule has 0 radical (unpaired) electrons. The lowest BCUT2D eigenvalue weighted by atomic mass is 9.33. The topological polar surface area (TPSA) is 147 Å². The van der Waals surface area contributed by atoms with Gasteiger partial charge in [0.1, 0.15) is 11.4 Å². The van der Waals surface area contributed by atoms with Gasteiger partial charge in [0.25, 0.3) is 10.1 Å². The number of rotatable bonds is 11. The second-order valence-electron chi connectivity index (χ2n) is 20.3. The highest BCUT2D eigenvalue weighted by Crippen LogP contribution is 2.77. The molecule has 0 saturated heterocycles. The third-order valence-corrected chi connectivity index (χ3v) is 18.0. The van der Waals surface area contributed by atoms with Crippen LogP contribution in [0.4, 0.5) is 0 Å². The molecule has 0 amide bonds. The fourth-order valence-corrected chi connectivity index (χ4v) is 14.8. The van der Waals surface area contributed by atoms with Crippen molar-refractivity contribution in [3.05, 3.63) is 46.0 Å². The molecule has 0 bridgehead atoms. The van der Waals surface area contributed by atoms with Crippen LogP contribution >= 0.6 is 11.6 Å². The molecule has 5 aliphatic carbocycles. The Balaban J connectivity index is 1.31. The fourth-order valence-electron chi connectivity index (χ4n) is 13.4. The van der Waals surface area contributed by atoms with Crippen molar-refractivity contribution in [1.82, 2.24) is 5.32 Å². The number of aliphatic carboxylic acids is 1. The van der Waals surface area contributed by atoms with Crippen molar-refractivity contribution in [1.29, 1.82) is 0 Å². The lowest BCUT2D eigenvalue weighted by Gasteiger charge is -2.72. The number of allylic oxidation sites excluding steroid dienone is 2. The number of carbonyl (C=O) groups is 3. The van der Waals surface area contributed by atoms with Crippen molar-refractivity contribution in [2.45, 2.75) is 144 Å². The molecule has 4 saturated carbocycles. The van der Waals surface area contributed by atoms with E-state index in [2.05, 4.69) is 39.9 Å². The van der Waals surface area contributed by atoms with Gasteiger partial charge < -0.3 is 15.2 Å². The van der Waals surface area contributed by atoms with Crippen molar-refractivity contribution in [2.75, 3.05) is 6.54 Å². The first-order valence-electron chi connectivity index (χ1n) is 20.5. The normalized spacial score (nSPS) is 36.4. The molecular formula is C44H64ClNO8S. The lowest BCUT2D eigenvalue weighted by Crippen LogP contribution is -2.66. The SMILES string of the molecule is CC(C)C1=C2[C@H]3CC[C@@H]4[C@@]5(C)CC[C@H](OC(=O)CC(C)(C)C(=O)O)C(C)(C)[C@@H]5CC[C@@]4(C)[C@]3(C)CC[C@@]2([C@H](CNCc2ccc(Cl)cc2)S(=O)(=O)O)CC1=O. The summed E-state index contributed by atoms with van der Waals surface area (Å²) in [4.78, 5) is 39.1. The first kappa shape index (κ1) is 42.3. The Labute approximate surface area is 333 Å². The van der Waals surface area contributed by atoms with Crippen LogP contribution < -0.4 is 5.32 Å². The minimum absolute atomic E-state index is 0.00917. The Kier molecular flexibility index (Phi) is 11.0. The highest BCUT2D eigenvalue weighted by Gasteiger charge is 2.71. The van der Waals surface area contributed by atoms with Crippen LogP contribution in [0.15, 0.2) is 35.4 Å². The Morgan fingerprint density at radius 1 is 0.945 bits per heavy atom. The van der Waals surface area contributed by atoms with E-state index in [1.807, 2.05) is 26.0 Å². The van der Waals surface area contributed by atoms with Gasteiger partial charge in [-0.3, -0.25) is 18.9 Å². The van der Waals surface area contributed by atoms with Crippen LogP contribution in [0.3, 0.4) is 0 Å².